The second-order valence-corrected chi connectivity index (χ2v) is 9.18. The Labute approximate surface area is 233 Å². The highest BCUT2D eigenvalue weighted by molar-refractivity contribution is 6.31. The minimum absolute atomic E-state index is 0.0190. The molecule has 0 aliphatic carbocycles. The van der Waals surface area contributed by atoms with E-state index in [2.05, 4.69) is 6.07 Å². The number of nitrogens with two attached hydrogens (primary N) is 1. The first kappa shape index (κ1) is 26.3. The van der Waals surface area contributed by atoms with E-state index in [1.165, 1.54) is 24.3 Å². The van der Waals surface area contributed by atoms with Crippen LogP contribution < -0.4 is 19.9 Å². The number of nitro benzene ring substituents is 1. The van der Waals surface area contributed by atoms with Gasteiger partial charge in [0.15, 0.2) is 0 Å². The Morgan fingerprint density at radius 1 is 1.02 bits per heavy atom. The van der Waals surface area contributed by atoms with Gasteiger partial charge in [0.2, 0.25) is 5.88 Å². The van der Waals surface area contributed by atoms with Gasteiger partial charge in [0.05, 0.1) is 16.4 Å². The van der Waals surface area contributed by atoms with Gasteiger partial charge < -0.3 is 19.9 Å². The fraction of sp³-hybridized carbons (Fsp3) is 0.0667. The summed E-state index contributed by atoms with van der Waals surface area (Å²) in [7, 11) is 0. The maximum absolute atomic E-state index is 12.6. The number of carbonyl (C=O) groups is 1. The van der Waals surface area contributed by atoms with Crippen LogP contribution in [-0.4, -0.2) is 10.9 Å². The van der Waals surface area contributed by atoms with Crippen molar-refractivity contribution in [1.82, 2.24) is 0 Å². The lowest BCUT2D eigenvalue weighted by atomic mass is 9.83. The summed E-state index contributed by atoms with van der Waals surface area (Å²) in [6.45, 7) is 0.260. The van der Waals surface area contributed by atoms with Crippen molar-refractivity contribution in [2.45, 2.75) is 12.5 Å². The minimum Gasteiger partial charge on any atom is -0.489 e. The van der Waals surface area contributed by atoms with Crippen molar-refractivity contribution in [3.63, 3.8) is 0 Å². The van der Waals surface area contributed by atoms with Gasteiger partial charge in [-0.1, -0.05) is 54.1 Å². The quantitative estimate of drug-likeness (QED) is 0.122. The number of non-ortho nitro benzene ring substituents is 1. The van der Waals surface area contributed by atoms with Gasteiger partial charge in [-0.05, 0) is 35.9 Å². The van der Waals surface area contributed by atoms with E-state index in [-0.39, 0.29) is 35.1 Å². The third kappa shape index (κ3) is 5.43. The molecule has 2 N–H and O–H groups in total. The van der Waals surface area contributed by atoms with E-state index in [1.807, 2.05) is 36.4 Å². The Kier molecular flexibility index (Phi) is 7.35. The molecule has 0 saturated carbocycles. The van der Waals surface area contributed by atoms with E-state index < -0.39 is 16.8 Å². The van der Waals surface area contributed by atoms with Gasteiger partial charge >= 0.3 is 5.97 Å². The lowest BCUT2D eigenvalue weighted by molar-refractivity contribution is -0.384. The van der Waals surface area contributed by atoms with E-state index in [1.54, 1.807) is 24.3 Å². The van der Waals surface area contributed by atoms with Crippen LogP contribution in [0.1, 0.15) is 33.0 Å². The molecule has 0 saturated heterocycles. The van der Waals surface area contributed by atoms with E-state index in [0.717, 1.165) is 17.2 Å². The Morgan fingerprint density at radius 2 is 1.82 bits per heavy atom. The van der Waals surface area contributed by atoms with Crippen LogP contribution in [0.2, 0.25) is 5.02 Å². The molecule has 0 bridgehead atoms. The number of nitrogens with zero attached hydrogens (tertiary/aromatic N) is 2. The molecular formula is C30H20ClN3O6. The summed E-state index contributed by atoms with van der Waals surface area (Å²) in [5.41, 5.74) is 8.33. The lowest BCUT2D eigenvalue weighted by Crippen LogP contribution is -2.21. The van der Waals surface area contributed by atoms with Gasteiger partial charge in [-0.2, -0.15) is 5.26 Å². The highest BCUT2D eigenvalue weighted by Gasteiger charge is 2.31. The van der Waals surface area contributed by atoms with Crippen LogP contribution in [-0.2, 0) is 6.61 Å². The molecule has 0 amide bonds. The summed E-state index contributed by atoms with van der Waals surface area (Å²) in [6.07, 6.45) is 0. The van der Waals surface area contributed by atoms with Crippen LogP contribution in [0.5, 0.6) is 17.2 Å². The van der Waals surface area contributed by atoms with E-state index in [9.17, 15) is 20.2 Å². The van der Waals surface area contributed by atoms with E-state index >= 15 is 0 Å². The molecular weight excluding hydrogens is 534 g/mol. The van der Waals surface area contributed by atoms with Crippen LogP contribution in [0.15, 0.2) is 102 Å². The molecule has 1 aliphatic heterocycles. The van der Waals surface area contributed by atoms with Crippen LogP contribution >= 0.6 is 11.6 Å². The number of hydrogen-bond donors (Lipinski definition) is 1. The number of ether oxygens (including phenoxy) is 3. The Morgan fingerprint density at radius 3 is 2.60 bits per heavy atom. The highest BCUT2D eigenvalue weighted by atomic mass is 35.5. The van der Waals surface area contributed by atoms with Crippen molar-refractivity contribution in [3.05, 3.63) is 140 Å². The Balaban J connectivity index is 1.42. The van der Waals surface area contributed by atoms with Crippen molar-refractivity contribution in [1.29, 1.82) is 5.26 Å². The molecule has 1 unspecified atom stereocenters. The zero-order valence-corrected chi connectivity index (χ0v) is 21.5. The smallest absolute Gasteiger partial charge is 0.343 e. The molecule has 9 nitrogen and oxygen atoms in total. The van der Waals surface area contributed by atoms with Gasteiger partial charge in [-0.15, -0.1) is 0 Å². The van der Waals surface area contributed by atoms with Crippen molar-refractivity contribution in [3.8, 4) is 23.3 Å². The zero-order chi connectivity index (χ0) is 28.2. The monoisotopic (exact) mass is 553 g/mol. The summed E-state index contributed by atoms with van der Waals surface area (Å²) < 4.78 is 17.1. The molecule has 1 aliphatic rings. The third-order valence-electron chi connectivity index (χ3n) is 6.24. The molecule has 10 heteroatoms. The minimum atomic E-state index is -0.777. The number of fused-ring (bicyclic) bond motifs is 1. The van der Waals surface area contributed by atoms with Crippen molar-refractivity contribution in [2.24, 2.45) is 5.73 Å². The van der Waals surface area contributed by atoms with Crippen LogP contribution in [0.3, 0.4) is 0 Å². The van der Waals surface area contributed by atoms with E-state index in [0.29, 0.717) is 22.1 Å². The fourth-order valence-electron chi connectivity index (χ4n) is 4.31. The number of allylic oxidation sites excluding steroid dienone is 1. The maximum atomic E-state index is 12.6. The molecule has 1 atom stereocenters. The fourth-order valence-corrected chi connectivity index (χ4v) is 4.51. The first-order valence-electron chi connectivity index (χ1n) is 12.0. The number of rotatable bonds is 7. The van der Waals surface area contributed by atoms with Crippen LogP contribution in [0, 0.1) is 21.4 Å². The summed E-state index contributed by atoms with van der Waals surface area (Å²) in [5.74, 6) is -0.416. The molecule has 4 aromatic rings. The van der Waals surface area contributed by atoms with Crippen LogP contribution in [0.25, 0.3) is 0 Å². The summed E-state index contributed by atoms with van der Waals surface area (Å²) in [6, 6.07) is 26.8. The second kappa shape index (κ2) is 11.2. The maximum Gasteiger partial charge on any atom is 0.343 e. The standard InChI is InChI=1S/C30H20ClN3O6/c31-26-10-2-1-5-20(26)17-38-22-9-4-6-18(14-22)28-24-12-11-23(15-27(24)40-29(33)25(28)16-32)39-30(35)19-7-3-8-21(13-19)34(36)37/h1-15,28H,17,33H2. The molecule has 0 radical (unpaired) electrons. The molecule has 4 aromatic carbocycles. The summed E-state index contributed by atoms with van der Waals surface area (Å²) in [4.78, 5) is 23.1. The van der Waals surface area contributed by atoms with Gasteiger partial charge in [0, 0.05) is 34.3 Å². The zero-order valence-electron chi connectivity index (χ0n) is 20.7. The van der Waals surface area contributed by atoms with Crippen molar-refractivity contribution in [2.75, 3.05) is 0 Å². The lowest BCUT2D eigenvalue weighted by Gasteiger charge is -2.27. The number of halogens is 1. The van der Waals surface area contributed by atoms with Crippen molar-refractivity contribution < 1.29 is 23.9 Å². The Bertz CT molecular complexity index is 1710. The number of nitro groups is 1. The molecule has 0 aromatic heterocycles. The van der Waals surface area contributed by atoms with Gasteiger partial charge in [-0.25, -0.2) is 4.79 Å². The third-order valence-corrected chi connectivity index (χ3v) is 6.61. The molecule has 198 valence electrons. The summed E-state index contributed by atoms with van der Waals surface area (Å²) in [5, 5.41) is 21.5. The largest absolute Gasteiger partial charge is 0.489 e. The Hall–Kier alpha value is -5.33. The average molecular weight is 554 g/mol. The predicted octanol–water partition coefficient (Wildman–Crippen LogP) is 6.26. The van der Waals surface area contributed by atoms with Gasteiger partial charge in [-0.3, -0.25) is 10.1 Å². The highest BCUT2D eigenvalue weighted by Crippen LogP contribution is 2.44. The topological polar surface area (TPSA) is 138 Å². The van der Waals surface area contributed by atoms with Gasteiger partial charge in [0.1, 0.15) is 35.5 Å². The average Bonchev–Trinajstić information content (AvgIpc) is 2.96. The van der Waals surface area contributed by atoms with Crippen molar-refractivity contribution >= 4 is 23.3 Å². The molecule has 40 heavy (non-hydrogen) atoms. The number of carbonyl (C=O) groups excluding carboxylic acids is 1. The first-order chi connectivity index (χ1) is 19.3. The molecule has 5 rings (SSSR count). The van der Waals surface area contributed by atoms with Crippen LogP contribution in [0.4, 0.5) is 5.69 Å². The number of esters is 1. The normalized spacial score (nSPS) is 13.9. The summed E-state index contributed by atoms with van der Waals surface area (Å²) >= 11 is 6.24. The van der Waals surface area contributed by atoms with Gasteiger partial charge in [0.25, 0.3) is 5.69 Å². The SMILES string of the molecule is N#CC1=C(N)Oc2cc(OC(=O)c3cccc([N+](=O)[O-])c3)ccc2C1c1cccc(OCc2ccccc2Cl)c1. The number of benzene rings is 4. The predicted molar refractivity (Wildman–Crippen MR) is 146 cm³/mol. The van der Waals surface area contributed by atoms with E-state index in [4.69, 9.17) is 31.5 Å². The number of nitriles is 1. The first-order valence-corrected chi connectivity index (χ1v) is 12.4. The molecule has 0 fully saturated rings. The molecule has 1 heterocycles. The molecule has 0 spiro atoms. The second-order valence-electron chi connectivity index (χ2n) is 8.77. The number of hydrogen-bond acceptors (Lipinski definition) is 8.